The van der Waals surface area contributed by atoms with Gasteiger partial charge in [-0.25, -0.2) is 4.90 Å². The van der Waals surface area contributed by atoms with Crippen molar-refractivity contribution in [1.29, 1.82) is 0 Å². The van der Waals surface area contributed by atoms with Crippen LogP contribution in [0, 0.1) is 16.0 Å². The lowest BCUT2D eigenvalue weighted by Gasteiger charge is -2.30. The number of nitro groups is 1. The molecule has 9 nitrogen and oxygen atoms in total. The van der Waals surface area contributed by atoms with Gasteiger partial charge in [-0.05, 0) is 29.8 Å². The number of anilines is 1. The number of aromatic nitrogens is 1. The number of amides is 2. The van der Waals surface area contributed by atoms with Gasteiger partial charge in [-0.15, -0.1) is 0 Å². The molecule has 1 saturated heterocycles. The fraction of sp³-hybridized carbons (Fsp3) is 0.179. The first kappa shape index (κ1) is 27.7. The number of nitrogens with one attached hydrogen (secondary N) is 1. The van der Waals surface area contributed by atoms with Crippen LogP contribution in [-0.2, 0) is 22.4 Å². The van der Waals surface area contributed by atoms with Gasteiger partial charge in [-0.3, -0.25) is 24.5 Å². The molecule has 1 aromatic heterocycles. The van der Waals surface area contributed by atoms with E-state index in [0.717, 1.165) is 51.8 Å². The molecular weight excluding hydrogens is 595 g/mol. The molecule has 2 amide bonds. The predicted octanol–water partition coefficient (Wildman–Crippen LogP) is 5.74. The number of H-pyrrole nitrogens is 1. The number of thiazole rings is 1. The minimum Gasteiger partial charge on any atom is -0.489 e. The maximum absolute atomic E-state index is 14.0. The van der Waals surface area contributed by atoms with Crippen LogP contribution in [0.5, 0.6) is 5.75 Å². The standard InChI is InChI=1S/C28H18F3N3O6S2/c29-28(30,31)15-7-4-8-16(11-15)33-25(35)21-20(22-24(32-27(37)42-22)41-23(21)26(33)36)18-12-17(34(38)39)9-10-19(18)40-13-14-5-2-1-3-6-14/h1-12,20-21,23H,13H2,(H,32,37)/t20-,21?,23?/m1/s1. The molecule has 0 bridgehead atoms. The average Bonchev–Trinajstić information content (AvgIpc) is 3.46. The Kier molecular flexibility index (Phi) is 6.89. The number of carbonyl (C=O) groups is 2. The Morgan fingerprint density at radius 3 is 2.45 bits per heavy atom. The summed E-state index contributed by atoms with van der Waals surface area (Å²) in [7, 11) is 0. The Labute approximate surface area is 243 Å². The van der Waals surface area contributed by atoms with Crippen molar-refractivity contribution in [3.8, 4) is 5.75 Å². The van der Waals surface area contributed by atoms with Gasteiger partial charge in [0.1, 0.15) is 17.6 Å². The maximum Gasteiger partial charge on any atom is 0.416 e. The maximum atomic E-state index is 14.0. The fourth-order valence-electron chi connectivity index (χ4n) is 5.19. The third kappa shape index (κ3) is 4.86. The first-order chi connectivity index (χ1) is 20.0. The van der Waals surface area contributed by atoms with E-state index in [4.69, 9.17) is 4.74 Å². The van der Waals surface area contributed by atoms with Gasteiger partial charge in [0.25, 0.3) is 5.69 Å². The summed E-state index contributed by atoms with van der Waals surface area (Å²) in [5.41, 5.74) is -0.570. The molecule has 0 aliphatic carbocycles. The van der Waals surface area contributed by atoms with E-state index < -0.39 is 50.4 Å². The molecule has 1 fully saturated rings. The number of aromatic amines is 1. The second-order valence-electron chi connectivity index (χ2n) is 9.56. The molecule has 3 heterocycles. The fourth-order valence-corrected chi connectivity index (χ4v) is 7.69. The molecule has 214 valence electrons. The summed E-state index contributed by atoms with van der Waals surface area (Å²) in [6.07, 6.45) is -4.70. The van der Waals surface area contributed by atoms with Crippen LogP contribution in [0.2, 0.25) is 0 Å². The predicted molar refractivity (Wildman–Crippen MR) is 148 cm³/mol. The number of benzene rings is 3. The number of halogens is 3. The number of hydrogen-bond acceptors (Lipinski definition) is 8. The lowest BCUT2D eigenvalue weighted by Crippen LogP contribution is -2.32. The van der Waals surface area contributed by atoms with Gasteiger partial charge in [-0.1, -0.05) is 59.5 Å². The van der Waals surface area contributed by atoms with Crippen LogP contribution in [0.3, 0.4) is 0 Å². The van der Waals surface area contributed by atoms with Crippen LogP contribution in [-0.4, -0.2) is 27.0 Å². The normalized spacial score (nSPS) is 19.9. The van der Waals surface area contributed by atoms with Crippen LogP contribution < -0.4 is 14.5 Å². The minimum absolute atomic E-state index is 0.0840. The number of ether oxygens (including phenoxy) is 1. The monoisotopic (exact) mass is 613 g/mol. The third-order valence-corrected chi connectivity index (χ3v) is 9.43. The van der Waals surface area contributed by atoms with Gasteiger partial charge in [0.2, 0.25) is 11.8 Å². The quantitative estimate of drug-likeness (QED) is 0.167. The first-order valence-corrected chi connectivity index (χ1v) is 14.1. The van der Waals surface area contributed by atoms with E-state index in [0.29, 0.717) is 9.90 Å². The van der Waals surface area contributed by atoms with Crippen LogP contribution in [0.1, 0.15) is 27.5 Å². The minimum atomic E-state index is -4.70. The SMILES string of the molecule is O=C1C2Sc3[nH]c(=O)sc3[C@H](c3cc([N+](=O)[O-])ccc3OCc3ccccc3)C2C(=O)N1c1cccc(C(F)(F)F)c1. The molecule has 1 N–H and O–H groups in total. The summed E-state index contributed by atoms with van der Waals surface area (Å²) in [6, 6.07) is 16.9. The molecule has 4 aromatic rings. The second-order valence-corrected chi connectivity index (χ2v) is 11.7. The topological polar surface area (TPSA) is 123 Å². The zero-order valence-corrected chi connectivity index (χ0v) is 22.8. The van der Waals surface area contributed by atoms with E-state index in [-0.39, 0.29) is 29.3 Å². The number of rotatable bonds is 6. The summed E-state index contributed by atoms with van der Waals surface area (Å²) >= 11 is 1.74. The van der Waals surface area contributed by atoms with Crippen LogP contribution in [0.4, 0.5) is 24.5 Å². The Hall–Kier alpha value is -4.43. The number of nitrogens with zero attached hydrogens (tertiary/aromatic N) is 2. The van der Waals surface area contributed by atoms with Crippen molar-refractivity contribution >= 4 is 46.3 Å². The summed E-state index contributed by atoms with van der Waals surface area (Å²) in [6.45, 7) is 0.0840. The van der Waals surface area contributed by atoms with Crippen LogP contribution in [0.15, 0.2) is 82.6 Å². The van der Waals surface area contributed by atoms with Crippen LogP contribution in [0.25, 0.3) is 0 Å². The molecule has 3 aromatic carbocycles. The summed E-state index contributed by atoms with van der Waals surface area (Å²) in [5, 5.41) is 11.0. The highest BCUT2D eigenvalue weighted by atomic mass is 32.2. The van der Waals surface area contributed by atoms with Crippen molar-refractivity contribution in [3.05, 3.63) is 114 Å². The van der Waals surface area contributed by atoms with Gasteiger partial charge in [0.15, 0.2) is 0 Å². The van der Waals surface area contributed by atoms with E-state index in [9.17, 15) is 37.7 Å². The Morgan fingerprint density at radius 2 is 1.74 bits per heavy atom. The largest absolute Gasteiger partial charge is 0.489 e. The molecule has 3 atom stereocenters. The second kappa shape index (κ2) is 10.4. The summed E-state index contributed by atoms with van der Waals surface area (Å²) in [4.78, 5) is 54.5. The Morgan fingerprint density at radius 1 is 0.976 bits per heavy atom. The number of thioether (sulfide) groups is 1. The highest BCUT2D eigenvalue weighted by Crippen LogP contribution is 2.55. The van der Waals surface area contributed by atoms with E-state index in [1.54, 1.807) is 0 Å². The van der Waals surface area contributed by atoms with Gasteiger partial charge >= 0.3 is 11.0 Å². The Balaban J connectivity index is 1.48. The molecule has 0 spiro atoms. The molecule has 2 aliphatic rings. The molecule has 2 aliphatic heterocycles. The van der Waals surface area contributed by atoms with Gasteiger partial charge in [0.05, 0.1) is 27.1 Å². The van der Waals surface area contributed by atoms with Crippen molar-refractivity contribution in [2.45, 2.75) is 29.0 Å². The molecule has 0 radical (unpaired) electrons. The molecule has 14 heteroatoms. The molecule has 42 heavy (non-hydrogen) atoms. The number of alkyl halides is 3. The molecule has 6 rings (SSSR count). The summed E-state index contributed by atoms with van der Waals surface area (Å²) in [5.74, 6) is -3.56. The highest BCUT2D eigenvalue weighted by Gasteiger charge is 2.57. The van der Waals surface area contributed by atoms with Crippen LogP contribution >= 0.6 is 23.1 Å². The van der Waals surface area contributed by atoms with Gasteiger partial charge in [0, 0.05) is 28.5 Å². The Bertz CT molecular complexity index is 1790. The highest BCUT2D eigenvalue weighted by molar-refractivity contribution is 8.00. The van der Waals surface area contributed by atoms with Gasteiger partial charge in [-0.2, -0.15) is 13.2 Å². The zero-order valence-electron chi connectivity index (χ0n) is 21.2. The number of non-ortho nitro benzene ring substituents is 1. The van der Waals surface area contributed by atoms with Crippen molar-refractivity contribution in [2.75, 3.05) is 4.90 Å². The van der Waals surface area contributed by atoms with Crippen molar-refractivity contribution in [2.24, 2.45) is 5.92 Å². The number of nitro benzene ring substituents is 1. The number of imide groups is 1. The van der Waals surface area contributed by atoms with Crippen molar-refractivity contribution in [1.82, 2.24) is 4.98 Å². The summed E-state index contributed by atoms with van der Waals surface area (Å²) < 4.78 is 46.4. The number of fused-ring (bicyclic) bond motifs is 2. The number of hydrogen-bond donors (Lipinski definition) is 1. The number of carbonyl (C=O) groups excluding carboxylic acids is 2. The molecule has 2 unspecified atom stereocenters. The van der Waals surface area contributed by atoms with E-state index >= 15 is 0 Å². The molecule has 0 saturated carbocycles. The van der Waals surface area contributed by atoms with Crippen molar-refractivity contribution in [3.63, 3.8) is 0 Å². The smallest absolute Gasteiger partial charge is 0.416 e. The van der Waals surface area contributed by atoms with E-state index in [1.165, 1.54) is 24.3 Å². The van der Waals surface area contributed by atoms with E-state index in [1.807, 2.05) is 30.3 Å². The van der Waals surface area contributed by atoms with E-state index in [2.05, 4.69) is 4.98 Å². The third-order valence-electron chi connectivity index (χ3n) is 7.03. The zero-order chi connectivity index (χ0) is 29.8. The first-order valence-electron chi connectivity index (χ1n) is 12.4. The average molecular weight is 614 g/mol. The van der Waals surface area contributed by atoms with Crippen molar-refractivity contribution < 1.29 is 32.4 Å². The molecular formula is C28H18F3N3O6S2. The lowest BCUT2D eigenvalue weighted by atomic mass is 9.82. The van der Waals surface area contributed by atoms with Gasteiger partial charge < -0.3 is 9.72 Å². The lowest BCUT2D eigenvalue weighted by molar-refractivity contribution is -0.385.